The zero-order valence-corrected chi connectivity index (χ0v) is 11.9. The van der Waals surface area contributed by atoms with E-state index in [0.29, 0.717) is 11.5 Å². The molecular formula is C15H17N3S. The van der Waals surface area contributed by atoms with Crippen LogP contribution in [0, 0.1) is 5.41 Å². The fraction of sp³-hybridized carbons (Fsp3) is 0.200. The number of nitrogen functional groups attached to an aromatic ring is 1. The molecule has 2 aromatic rings. The summed E-state index contributed by atoms with van der Waals surface area (Å²) < 4.78 is 0. The van der Waals surface area contributed by atoms with Crippen molar-refractivity contribution in [3.63, 3.8) is 0 Å². The molecule has 2 rings (SSSR count). The molecule has 0 fully saturated rings. The Morgan fingerprint density at radius 3 is 2.32 bits per heavy atom. The summed E-state index contributed by atoms with van der Waals surface area (Å²) in [5.41, 5.74) is 7.39. The highest BCUT2D eigenvalue weighted by molar-refractivity contribution is 7.99. The molecule has 1 aromatic heterocycles. The molecule has 0 aliphatic heterocycles. The molecule has 4 heteroatoms. The molecule has 1 aromatic carbocycles. The lowest BCUT2D eigenvalue weighted by atomic mass is 10.0. The molecule has 19 heavy (non-hydrogen) atoms. The van der Waals surface area contributed by atoms with Crippen molar-refractivity contribution in [1.82, 2.24) is 4.98 Å². The quantitative estimate of drug-likeness (QED) is 0.659. The van der Waals surface area contributed by atoms with Gasteiger partial charge < -0.3 is 5.73 Å². The maximum absolute atomic E-state index is 7.32. The van der Waals surface area contributed by atoms with E-state index >= 15 is 0 Å². The number of nitrogens with two attached hydrogens (primary N) is 1. The fourth-order valence-corrected chi connectivity index (χ4v) is 2.40. The van der Waals surface area contributed by atoms with E-state index in [2.05, 4.69) is 43.1 Å². The minimum absolute atomic E-state index is 0.0466. The molecule has 0 spiro atoms. The van der Waals surface area contributed by atoms with Crippen LogP contribution in [0.25, 0.3) is 0 Å². The molecule has 0 saturated carbocycles. The first-order valence-corrected chi connectivity index (χ1v) is 6.96. The third kappa shape index (κ3) is 3.58. The average molecular weight is 271 g/mol. The topological polar surface area (TPSA) is 62.8 Å². The van der Waals surface area contributed by atoms with Crippen LogP contribution in [0.5, 0.6) is 0 Å². The number of hydrogen-bond acceptors (Lipinski definition) is 3. The molecule has 0 aliphatic carbocycles. The number of hydrogen-bond donors (Lipinski definition) is 2. The van der Waals surface area contributed by atoms with Gasteiger partial charge >= 0.3 is 0 Å². The SMILES string of the molecule is CC(C)c1ccc(Sc2ccc(C(=N)N)cn2)cc1. The summed E-state index contributed by atoms with van der Waals surface area (Å²) in [5, 5.41) is 8.23. The van der Waals surface area contributed by atoms with Crippen LogP contribution in [0.2, 0.25) is 0 Å². The van der Waals surface area contributed by atoms with E-state index < -0.39 is 0 Å². The number of pyridine rings is 1. The monoisotopic (exact) mass is 271 g/mol. The van der Waals surface area contributed by atoms with Crippen LogP contribution in [0.4, 0.5) is 0 Å². The van der Waals surface area contributed by atoms with Gasteiger partial charge in [-0.2, -0.15) is 0 Å². The second-order valence-corrected chi connectivity index (χ2v) is 5.72. The molecule has 0 amide bonds. The first-order valence-electron chi connectivity index (χ1n) is 6.14. The number of amidine groups is 1. The lowest BCUT2D eigenvalue weighted by Crippen LogP contribution is -2.10. The molecule has 0 aliphatic rings. The smallest absolute Gasteiger partial charge is 0.124 e. The van der Waals surface area contributed by atoms with Crippen LogP contribution in [-0.2, 0) is 0 Å². The molecular weight excluding hydrogens is 254 g/mol. The van der Waals surface area contributed by atoms with E-state index in [1.54, 1.807) is 18.0 Å². The predicted octanol–water partition coefficient (Wildman–Crippen LogP) is 3.64. The third-order valence-electron chi connectivity index (χ3n) is 2.82. The number of nitrogens with zero attached hydrogens (tertiary/aromatic N) is 1. The Bertz CT molecular complexity index is 559. The van der Waals surface area contributed by atoms with Gasteiger partial charge in [0.15, 0.2) is 0 Å². The normalized spacial score (nSPS) is 10.7. The number of rotatable bonds is 4. The van der Waals surface area contributed by atoms with Gasteiger partial charge in [0.2, 0.25) is 0 Å². The van der Waals surface area contributed by atoms with Gasteiger partial charge in [-0.1, -0.05) is 37.7 Å². The van der Waals surface area contributed by atoms with Gasteiger partial charge in [-0.3, -0.25) is 5.41 Å². The second-order valence-electron chi connectivity index (χ2n) is 4.62. The van der Waals surface area contributed by atoms with Gasteiger partial charge in [0.25, 0.3) is 0 Å². The summed E-state index contributed by atoms with van der Waals surface area (Å²) in [6.45, 7) is 4.37. The number of benzene rings is 1. The summed E-state index contributed by atoms with van der Waals surface area (Å²) >= 11 is 1.61. The maximum atomic E-state index is 7.32. The van der Waals surface area contributed by atoms with Crippen molar-refractivity contribution >= 4 is 17.6 Å². The first kappa shape index (κ1) is 13.6. The molecule has 98 valence electrons. The fourth-order valence-electron chi connectivity index (χ4n) is 1.64. The Balaban J connectivity index is 2.10. The zero-order chi connectivity index (χ0) is 13.8. The van der Waals surface area contributed by atoms with Crippen LogP contribution in [0.15, 0.2) is 52.5 Å². The molecule has 0 radical (unpaired) electrons. The molecule has 0 bridgehead atoms. The van der Waals surface area contributed by atoms with Gasteiger partial charge in [0, 0.05) is 16.7 Å². The second kappa shape index (κ2) is 5.89. The van der Waals surface area contributed by atoms with Gasteiger partial charge in [-0.15, -0.1) is 0 Å². The highest BCUT2D eigenvalue weighted by Crippen LogP contribution is 2.27. The Morgan fingerprint density at radius 1 is 1.16 bits per heavy atom. The summed E-state index contributed by atoms with van der Waals surface area (Å²) in [6.07, 6.45) is 1.63. The van der Waals surface area contributed by atoms with E-state index in [1.807, 2.05) is 12.1 Å². The van der Waals surface area contributed by atoms with Gasteiger partial charge in [-0.25, -0.2) is 4.98 Å². The van der Waals surface area contributed by atoms with Crippen LogP contribution >= 0.6 is 11.8 Å². The van der Waals surface area contributed by atoms with Crippen molar-refractivity contribution in [2.24, 2.45) is 5.73 Å². The van der Waals surface area contributed by atoms with Crippen molar-refractivity contribution in [1.29, 1.82) is 5.41 Å². The molecule has 0 unspecified atom stereocenters. The lowest BCUT2D eigenvalue weighted by molar-refractivity contribution is 0.865. The Hall–Kier alpha value is -1.81. The lowest BCUT2D eigenvalue weighted by Gasteiger charge is -2.06. The van der Waals surface area contributed by atoms with E-state index in [9.17, 15) is 0 Å². The van der Waals surface area contributed by atoms with Crippen LogP contribution in [-0.4, -0.2) is 10.8 Å². The Morgan fingerprint density at radius 2 is 1.84 bits per heavy atom. The van der Waals surface area contributed by atoms with Crippen LogP contribution in [0.1, 0.15) is 30.9 Å². The summed E-state index contributed by atoms with van der Waals surface area (Å²) in [6, 6.07) is 12.2. The van der Waals surface area contributed by atoms with E-state index in [0.717, 1.165) is 9.92 Å². The molecule has 0 atom stereocenters. The van der Waals surface area contributed by atoms with E-state index in [4.69, 9.17) is 11.1 Å². The van der Waals surface area contributed by atoms with Gasteiger partial charge in [-0.05, 0) is 35.7 Å². The highest BCUT2D eigenvalue weighted by Gasteiger charge is 2.02. The number of nitrogens with one attached hydrogen (secondary N) is 1. The summed E-state index contributed by atoms with van der Waals surface area (Å²) in [5.74, 6) is 0.595. The van der Waals surface area contributed by atoms with E-state index in [-0.39, 0.29) is 5.84 Å². The van der Waals surface area contributed by atoms with Crippen LogP contribution < -0.4 is 5.73 Å². The minimum Gasteiger partial charge on any atom is -0.384 e. The van der Waals surface area contributed by atoms with Crippen molar-refractivity contribution in [3.8, 4) is 0 Å². The Labute approximate surface area is 117 Å². The van der Waals surface area contributed by atoms with Gasteiger partial charge in [0.05, 0.1) is 0 Å². The zero-order valence-electron chi connectivity index (χ0n) is 11.1. The van der Waals surface area contributed by atoms with Crippen LogP contribution in [0.3, 0.4) is 0 Å². The number of aromatic nitrogens is 1. The largest absolute Gasteiger partial charge is 0.384 e. The van der Waals surface area contributed by atoms with Crippen molar-refractivity contribution in [3.05, 3.63) is 53.7 Å². The minimum atomic E-state index is 0.0466. The highest BCUT2D eigenvalue weighted by atomic mass is 32.2. The summed E-state index contributed by atoms with van der Waals surface area (Å²) in [4.78, 5) is 5.45. The molecule has 0 saturated heterocycles. The van der Waals surface area contributed by atoms with Crippen molar-refractivity contribution in [2.45, 2.75) is 29.7 Å². The first-order chi connectivity index (χ1) is 9.06. The maximum Gasteiger partial charge on any atom is 0.124 e. The molecule has 1 heterocycles. The average Bonchev–Trinajstić information content (AvgIpc) is 2.40. The molecule has 3 N–H and O–H groups in total. The standard InChI is InChI=1S/C15H17N3S/c1-10(2)11-3-6-13(7-4-11)19-14-8-5-12(9-18-14)15(16)17/h3-10H,1-2H3,(H3,16,17). The van der Waals surface area contributed by atoms with Crippen molar-refractivity contribution in [2.75, 3.05) is 0 Å². The third-order valence-corrected chi connectivity index (χ3v) is 3.78. The molecule has 3 nitrogen and oxygen atoms in total. The van der Waals surface area contributed by atoms with E-state index in [1.165, 1.54) is 5.56 Å². The van der Waals surface area contributed by atoms with Gasteiger partial charge in [0.1, 0.15) is 10.9 Å². The van der Waals surface area contributed by atoms with Crippen molar-refractivity contribution < 1.29 is 0 Å². The summed E-state index contributed by atoms with van der Waals surface area (Å²) in [7, 11) is 0. The predicted molar refractivity (Wildman–Crippen MR) is 79.9 cm³/mol. The Kier molecular flexibility index (Phi) is 4.22.